The Bertz CT molecular complexity index is 423. The maximum atomic E-state index is 5.41. The van der Waals surface area contributed by atoms with E-state index in [4.69, 9.17) is 9.47 Å². The van der Waals surface area contributed by atoms with Gasteiger partial charge in [-0.3, -0.25) is 4.99 Å². The third-order valence-corrected chi connectivity index (χ3v) is 4.20. The fourth-order valence-corrected chi connectivity index (χ4v) is 2.62. The highest BCUT2D eigenvalue weighted by Crippen LogP contribution is 2.13. The lowest BCUT2D eigenvalue weighted by Gasteiger charge is -2.11. The summed E-state index contributed by atoms with van der Waals surface area (Å²) in [6.07, 6.45) is 4.89. The number of aryl methyl sites for hydroxylation is 1. The molecule has 0 fully saturated rings. The first-order chi connectivity index (χ1) is 10.8. The zero-order chi connectivity index (χ0) is 16.0. The summed E-state index contributed by atoms with van der Waals surface area (Å²) in [6.45, 7) is 5.85. The van der Waals surface area contributed by atoms with Crippen LogP contribution in [0.1, 0.15) is 23.2 Å². The number of nitrogens with zero attached hydrogens (tertiary/aromatic N) is 2. The summed E-state index contributed by atoms with van der Waals surface area (Å²) in [4.78, 5) is 9.96. The van der Waals surface area contributed by atoms with Gasteiger partial charge < -0.3 is 20.1 Å². The number of methoxy groups -OCH3 is 1. The Morgan fingerprint density at radius 3 is 2.77 bits per heavy atom. The Labute approximate surface area is 137 Å². The molecule has 0 radical (unpaired) electrons. The minimum atomic E-state index is 0.646. The van der Waals surface area contributed by atoms with Crippen LogP contribution in [0.25, 0.3) is 0 Å². The highest BCUT2D eigenvalue weighted by atomic mass is 32.1. The molecular formula is C15H28N4O2S. The summed E-state index contributed by atoms with van der Waals surface area (Å²) < 4.78 is 10.3. The molecule has 0 spiro atoms. The monoisotopic (exact) mass is 328 g/mol. The lowest BCUT2D eigenvalue weighted by Crippen LogP contribution is -2.39. The first-order valence-corrected chi connectivity index (χ1v) is 8.56. The summed E-state index contributed by atoms with van der Waals surface area (Å²) in [5, 5.41) is 7.75. The van der Waals surface area contributed by atoms with Gasteiger partial charge in [-0.1, -0.05) is 6.92 Å². The van der Waals surface area contributed by atoms with Gasteiger partial charge in [0.25, 0.3) is 0 Å². The van der Waals surface area contributed by atoms with Gasteiger partial charge in [-0.25, -0.2) is 4.98 Å². The van der Waals surface area contributed by atoms with E-state index in [1.54, 1.807) is 25.5 Å². The Hall–Kier alpha value is -1.18. The van der Waals surface area contributed by atoms with Gasteiger partial charge in [0, 0.05) is 51.3 Å². The van der Waals surface area contributed by atoms with Crippen LogP contribution in [-0.4, -0.2) is 58.0 Å². The number of hydrogen-bond acceptors (Lipinski definition) is 5. The molecule has 1 aromatic heterocycles. The highest BCUT2D eigenvalue weighted by Gasteiger charge is 2.01. The Balaban J connectivity index is 2.07. The molecule has 6 nitrogen and oxygen atoms in total. The van der Waals surface area contributed by atoms with Crippen LogP contribution in [0.3, 0.4) is 0 Å². The van der Waals surface area contributed by atoms with Crippen LogP contribution in [0.15, 0.2) is 11.2 Å². The SMILES string of the molecule is CCc1cnc(CCNC(=NC)NCCCOCCOC)s1. The molecule has 1 heterocycles. The first kappa shape index (κ1) is 18.9. The van der Waals surface area contributed by atoms with Crippen LogP contribution in [0.4, 0.5) is 0 Å². The lowest BCUT2D eigenvalue weighted by atomic mass is 10.4. The van der Waals surface area contributed by atoms with Crippen LogP contribution < -0.4 is 10.6 Å². The number of aromatic nitrogens is 1. The number of thiazole rings is 1. The zero-order valence-corrected chi connectivity index (χ0v) is 14.7. The molecule has 0 aliphatic rings. The molecule has 0 saturated carbocycles. The molecule has 22 heavy (non-hydrogen) atoms. The molecule has 0 unspecified atom stereocenters. The minimum Gasteiger partial charge on any atom is -0.382 e. The van der Waals surface area contributed by atoms with Crippen molar-refractivity contribution in [3.63, 3.8) is 0 Å². The molecule has 0 aliphatic heterocycles. The minimum absolute atomic E-state index is 0.646. The number of hydrogen-bond donors (Lipinski definition) is 2. The molecule has 0 bridgehead atoms. The van der Waals surface area contributed by atoms with Crippen LogP contribution in [0.5, 0.6) is 0 Å². The third kappa shape index (κ3) is 8.31. The van der Waals surface area contributed by atoms with Crippen LogP contribution >= 0.6 is 11.3 Å². The van der Waals surface area contributed by atoms with E-state index in [2.05, 4.69) is 27.5 Å². The van der Waals surface area contributed by atoms with E-state index < -0.39 is 0 Å². The van der Waals surface area contributed by atoms with Gasteiger partial charge >= 0.3 is 0 Å². The second kappa shape index (κ2) is 12.4. The second-order valence-electron chi connectivity index (χ2n) is 4.71. The van der Waals surface area contributed by atoms with Gasteiger partial charge in [-0.15, -0.1) is 11.3 Å². The van der Waals surface area contributed by atoms with Gasteiger partial charge in [0.2, 0.25) is 0 Å². The molecule has 1 rings (SSSR count). The Kier molecular flexibility index (Phi) is 10.6. The fourth-order valence-electron chi connectivity index (χ4n) is 1.76. The summed E-state index contributed by atoms with van der Waals surface area (Å²) in [6, 6.07) is 0. The number of aliphatic imine (C=N–C) groups is 1. The molecule has 126 valence electrons. The molecule has 0 aromatic carbocycles. The normalized spacial score (nSPS) is 11.7. The zero-order valence-electron chi connectivity index (χ0n) is 13.9. The van der Waals surface area contributed by atoms with E-state index in [0.717, 1.165) is 44.9 Å². The van der Waals surface area contributed by atoms with E-state index in [0.29, 0.717) is 13.2 Å². The van der Waals surface area contributed by atoms with Gasteiger partial charge in [0.05, 0.1) is 18.2 Å². The molecule has 2 N–H and O–H groups in total. The fraction of sp³-hybridized carbons (Fsp3) is 0.733. The van der Waals surface area contributed by atoms with Gasteiger partial charge in [-0.05, 0) is 12.8 Å². The molecule has 7 heteroatoms. The molecule has 0 atom stereocenters. The maximum absolute atomic E-state index is 5.41. The van der Waals surface area contributed by atoms with Crippen LogP contribution in [-0.2, 0) is 22.3 Å². The van der Waals surface area contributed by atoms with E-state index >= 15 is 0 Å². The van der Waals surface area contributed by atoms with Crippen molar-refractivity contribution in [2.45, 2.75) is 26.2 Å². The van der Waals surface area contributed by atoms with Crippen molar-refractivity contribution in [3.8, 4) is 0 Å². The number of guanidine groups is 1. The number of nitrogens with one attached hydrogen (secondary N) is 2. The van der Waals surface area contributed by atoms with Crippen molar-refractivity contribution in [2.24, 2.45) is 4.99 Å². The number of ether oxygens (including phenoxy) is 2. The smallest absolute Gasteiger partial charge is 0.190 e. The predicted molar refractivity (Wildman–Crippen MR) is 91.9 cm³/mol. The van der Waals surface area contributed by atoms with Crippen molar-refractivity contribution in [1.82, 2.24) is 15.6 Å². The third-order valence-electron chi connectivity index (χ3n) is 2.99. The quantitative estimate of drug-likeness (QED) is 0.366. The van der Waals surface area contributed by atoms with Gasteiger partial charge in [0.1, 0.15) is 0 Å². The average Bonchev–Trinajstić information content (AvgIpc) is 3.00. The van der Waals surface area contributed by atoms with E-state index in [9.17, 15) is 0 Å². The molecule has 0 aliphatic carbocycles. The summed E-state index contributed by atoms with van der Waals surface area (Å²) in [5.74, 6) is 0.823. The molecule has 1 aromatic rings. The van der Waals surface area contributed by atoms with Crippen molar-refractivity contribution in [1.29, 1.82) is 0 Å². The summed E-state index contributed by atoms with van der Waals surface area (Å²) in [5.41, 5.74) is 0. The largest absolute Gasteiger partial charge is 0.382 e. The van der Waals surface area contributed by atoms with Gasteiger partial charge in [-0.2, -0.15) is 0 Å². The van der Waals surface area contributed by atoms with E-state index in [-0.39, 0.29) is 0 Å². The lowest BCUT2D eigenvalue weighted by molar-refractivity contribution is 0.0698. The van der Waals surface area contributed by atoms with E-state index in [1.165, 1.54) is 9.88 Å². The van der Waals surface area contributed by atoms with Crippen molar-refractivity contribution in [2.75, 3.05) is 47.1 Å². The van der Waals surface area contributed by atoms with Crippen molar-refractivity contribution in [3.05, 3.63) is 16.1 Å². The highest BCUT2D eigenvalue weighted by molar-refractivity contribution is 7.11. The number of rotatable bonds is 11. The first-order valence-electron chi connectivity index (χ1n) is 7.75. The van der Waals surface area contributed by atoms with Crippen LogP contribution in [0, 0.1) is 0 Å². The second-order valence-corrected chi connectivity index (χ2v) is 5.91. The van der Waals surface area contributed by atoms with Crippen molar-refractivity contribution < 1.29 is 9.47 Å². The topological polar surface area (TPSA) is 67.8 Å². The average molecular weight is 328 g/mol. The molecule has 0 amide bonds. The standard InChI is InChI=1S/C15H28N4O2S/c1-4-13-12-19-14(22-13)6-8-18-15(16-2)17-7-5-9-21-11-10-20-3/h12H,4-11H2,1-3H3,(H2,16,17,18). The maximum Gasteiger partial charge on any atom is 0.190 e. The van der Waals surface area contributed by atoms with Crippen LogP contribution in [0.2, 0.25) is 0 Å². The Morgan fingerprint density at radius 1 is 1.27 bits per heavy atom. The summed E-state index contributed by atoms with van der Waals surface area (Å²) in [7, 11) is 3.46. The van der Waals surface area contributed by atoms with Gasteiger partial charge in [0.15, 0.2) is 5.96 Å². The van der Waals surface area contributed by atoms with E-state index in [1.807, 2.05) is 6.20 Å². The predicted octanol–water partition coefficient (Wildman–Crippen LogP) is 1.47. The van der Waals surface area contributed by atoms with Crippen molar-refractivity contribution >= 4 is 17.3 Å². The summed E-state index contributed by atoms with van der Waals surface area (Å²) >= 11 is 1.78. The molecular weight excluding hydrogens is 300 g/mol. The Morgan fingerprint density at radius 2 is 2.09 bits per heavy atom. The molecule has 0 saturated heterocycles.